The van der Waals surface area contributed by atoms with Crippen molar-refractivity contribution >= 4 is 12.6 Å². The fraction of sp³-hybridized carbons (Fsp3) is 0. The number of hydrogen-bond donors (Lipinski definition) is 2. The average molecular weight is 200 g/mol. The third-order valence-electron chi connectivity index (χ3n) is 2.08. The van der Waals surface area contributed by atoms with Crippen molar-refractivity contribution in [1.29, 1.82) is 0 Å². The molecule has 5 heteroatoms. The molecule has 15 heavy (non-hydrogen) atoms. The molecule has 0 aliphatic carbocycles. The Kier molecular flexibility index (Phi) is 2.76. The second kappa shape index (κ2) is 4.21. The molecule has 4 nitrogen and oxygen atoms in total. The van der Waals surface area contributed by atoms with Crippen LogP contribution in [0.3, 0.4) is 0 Å². The Labute approximate surface area is 87.4 Å². The number of nitrogens with zero attached hydrogens (tertiary/aromatic N) is 2. The molecular weight excluding hydrogens is 191 g/mol. The molecule has 2 rings (SSSR count). The van der Waals surface area contributed by atoms with Gasteiger partial charge in [-0.1, -0.05) is 24.3 Å². The van der Waals surface area contributed by atoms with E-state index < -0.39 is 7.12 Å². The predicted molar refractivity (Wildman–Crippen MR) is 57.3 cm³/mol. The molecule has 1 aromatic heterocycles. The zero-order valence-corrected chi connectivity index (χ0v) is 7.91. The highest BCUT2D eigenvalue weighted by Gasteiger charge is 2.16. The smallest absolute Gasteiger partial charge is 0.423 e. The highest BCUT2D eigenvalue weighted by atomic mass is 16.4. The lowest BCUT2D eigenvalue weighted by Crippen LogP contribution is -2.31. The van der Waals surface area contributed by atoms with Gasteiger partial charge in [0.25, 0.3) is 0 Å². The van der Waals surface area contributed by atoms with Crippen molar-refractivity contribution in [3.8, 4) is 11.3 Å². The van der Waals surface area contributed by atoms with Crippen molar-refractivity contribution in [2.45, 2.75) is 0 Å². The topological polar surface area (TPSA) is 66.2 Å². The van der Waals surface area contributed by atoms with E-state index in [1.165, 1.54) is 0 Å². The fourth-order valence-corrected chi connectivity index (χ4v) is 1.39. The first-order chi connectivity index (χ1) is 7.29. The molecule has 0 amide bonds. The van der Waals surface area contributed by atoms with Gasteiger partial charge in [0.1, 0.15) is 0 Å². The van der Waals surface area contributed by atoms with Gasteiger partial charge in [-0.05, 0) is 5.46 Å². The van der Waals surface area contributed by atoms with Crippen LogP contribution >= 0.6 is 0 Å². The van der Waals surface area contributed by atoms with Gasteiger partial charge in [0, 0.05) is 18.0 Å². The van der Waals surface area contributed by atoms with E-state index in [9.17, 15) is 10.0 Å². The number of aromatic nitrogens is 2. The van der Waals surface area contributed by atoms with Gasteiger partial charge in [0.05, 0.1) is 11.9 Å². The summed E-state index contributed by atoms with van der Waals surface area (Å²) < 4.78 is 0. The molecule has 0 radical (unpaired) electrons. The molecule has 0 aliphatic heterocycles. The van der Waals surface area contributed by atoms with E-state index >= 15 is 0 Å². The number of rotatable bonds is 2. The summed E-state index contributed by atoms with van der Waals surface area (Å²) in [5.74, 6) is 0. The van der Waals surface area contributed by atoms with E-state index in [4.69, 9.17) is 0 Å². The lowest BCUT2D eigenvalue weighted by Gasteiger charge is -2.06. The first-order valence-electron chi connectivity index (χ1n) is 4.50. The minimum Gasteiger partial charge on any atom is -0.423 e. The Hall–Kier alpha value is -1.72. The minimum atomic E-state index is -1.50. The van der Waals surface area contributed by atoms with Crippen LogP contribution in [-0.2, 0) is 0 Å². The second-order valence-corrected chi connectivity index (χ2v) is 3.05. The van der Waals surface area contributed by atoms with Crippen molar-refractivity contribution in [3.63, 3.8) is 0 Å². The minimum absolute atomic E-state index is 0.429. The Bertz CT molecular complexity index is 448. The molecule has 0 bridgehead atoms. The third-order valence-corrected chi connectivity index (χ3v) is 2.08. The van der Waals surface area contributed by atoms with Crippen LogP contribution in [0.5, 0.6) is 0 Å². The van der Waals surface area contributed by atoms with Crippen LogP contribution in [0.2, 0.25) is 0 Å². The van der Waals surface area contributed by atoms with Crippen LogP contribution in [0.1, 0.15) is 0 Å². The van der Waals surface area contributed by atoms with Crippen molar-refractivity contribution in [1.82, 2.24) is 9.97 Å². The van der Waals surface area contributed by atoms with E-state index in [1.54, 1.807) is 36.8 Å². The molecule has 0 fully saturated rings. The van der Waals surface area contributed by atoms with Crippen LogP contribution in [0, 0.1) is 0 Å². The SMILES string of the molecule is OB(O)c1ccccc1-c1cnccn1. The zero-order chi connectivity index (χ0) is 10.7. The van der Waals surface area contributed by atoms with Crippen LogP contribution in [-0.4, -0.2) is 27.1 Å². The summed E-state index contributed by atoms with van der Waals surface area (Å²) in [6.07, 6.45) is 4.72. The van der Waals surface area contributed by atoms with E-state index in [0.29, 0.717) is 16.7 Å². The average Bonchev–Trinajstić information content (AvgIpc) is 2.30. The highest BCUT2D eigenvalue weighted by molar-refractivity contribution is 6.60. The molecule has 0 saturated carbocycles. The number of benzene rings is 1. The van der Waals surface area contributed by atoms with Crippen LogP contribution in [0.15, 0.2) is 42.9 Å². The maximum atomic E-state index is 9.17. The molecule has 0 spiro atoms. The van der Waals surface area contributed by atoms with Gasteiger partial charge in [-0.2, -0.15) is 0 Å². The summed E-state index contributed by atoms with van der Waals surface area (Å²) in [5.41, 5.74) is 1.74. The maximum Gasteiger partial charge on any atom is 0.489 e. The van der Waals surface area contributed by atoms with Crippen molar-refractivity contribution in [3.05, 3.63) is 42.9 Å². The fourth-order valence-electron chi connectivity index (χ4n) is 1.39. The van der Waals surface area contributed by atoms with Gasteiger partial charge in [0.15, 0.2) is 0 Å². The molecule has 0 saturated heterocycles. The predicted octanol–water partition coefficient (Wildman–Crippen LogP) is -0.177. The van der Waals surface area contributed by atoms with Gasteiger partial charge in [-0.25, -0.2) is 0 Å². The quantitative estimate of drug-likeness (QED) is 0.660. The Morgan fingerprint density at radius 3 is 2.53 bits per heavy atom. The molecule has 0 unspecified atom stereocenters. The normalized spacial score (nSPS) is 10.0. The molecule has 1 aromatic carbocycles. The first-order valence-corrected chi connectivity index (χ1v) is 4.50. The van der Waals surface area contributed by atoms with Crippen LogP contribution < -0.4 is 5.46 Å². The highest BCUT2D eigenvalue weighted by Crippen LogP contribution is 2.12. The van der Waals surface area contributed by atoms with E-state index in [2.05, 4.69) is 9.97 Å². The van der Waals surface area contributed by atoms with Gasteiger partial charge < -0.3 is 10.0 Å². The lowest BCUT2D eigenvalue weighted by atomic mass is 9.76. The molecule has 0 atom stereocenters. The van der Waals surface area contributed by atoms with Crippen molar-refractivity contribution in [2.24, 2.45) is 0 Å². The van der Waals surface area contributed by atoms with E-state index in [0.717, 1.165) is 0 Å². The van der Waals surface area contributed by atoms with Gasteiger partial charge in [-0.15, -0.1) is 0 Å². The van der Waals surface area contributed by atoms with Crippen LogP contribution in [0.4, 0.5) is 0 Å². The molecule has 2 aromatic rings. The van der Waals surface area contributed by atoms with E-state index in [-0.39, 0.29) is 0 Å². The molecular formula is C10H9BN2O2. The summed E-state index contributed by atoms with van der Waals surface area (Å²) in [5, 5.41) is 18.3. The summed E-state index contributed by atoms with van der Waals surface area (Å²) in [7, 11) is -1.50. The second-order valence-electron chi connectivity index (χ2n) is 3.05. The summed E-state index contributed by atoms with van der Waals surface area (Å²) in [6, 6.07) is 6.98. The summed E-state index contributed by atoms with van der Waals surface area (Å²) >= 11 is 0. The standard InChI is InChI=1S/C10H9BN2O2/c14-11(15)9-4-2-1-3-8(9)10-7-12-5-6-13-10/h1-7,14-15H. The first kappa shape index (κ1) is 9.83. The van der Waals surface area contributed by atoms with Crippen LogP contribution in [0.25, 0.3) is 11.3 Å². The summed E-state index contributed by atoms with van der Waals surface area (Å²) in [6.45, 7) is 0. The maximum absolute atomic E-state index is 9.17. The third kappa shape index (κ3) is 2.03. The Morgan fingerprint density at radius 2 is 1.87 bits per heavy atom. The molecule has 0 aliphatic rings. The molecule has 2 N–H and O–H groups in total. The Morgan fingerprint density at radius 1 is 1.07 bits per heavy atom. The van der Waals surface area contributed by atoms with Crippen molar-refractivity contribution in [2.75, 3.05) is 0 Å². The molecule has 74 valence electrons. The monoisotopic (exact) mass is 200 g/mol. The summed E-state index contributed by atoms with van der Waals surface area (Å²) in [4.78, 5) is 8.04. The zero-order valence-electron chi connectivity index (χ0n) is 7.91. The van der Waals surface area contributed by atoms with E-state index in [1.807, 2.05) is 6.07 Å². The largest absolute Gasteiger partial charge is 0.489 e. The molecule has 1 heterocycles. The number of hydrogen-bond acceptors (Lipinski definition) is 4. The van der Waals surface area contributed by atoms with Crippen molar-refractivity contribution < 1.29 is 10.0 Å². The van der Waals surface area contributed by atoms with Gasteiger partial charge in [-0.3, -0.25) is 9.97 Å². The Balaban J connectivity index is 2.53. The van der Waals surface area contributed by atoms with Gasteiger partial charge in [0.2, 0.25) is 0 Å². The van der Waals surface area contributed by atoms with Gasteiger partial charge >= 0.3 is 7.12 Å². The lowest BCUT2D eigenvalue weighted by molar-refractivity contribution is 0.426.